The first-order valence-corrected chi connectivity index (χ1v) is 12.4. The van der Waals surface area contributed by atoms with Crippen LogP contribution in [0.1, 0.15) is 23.4 Å². The third-order valence-electron chi connectivity index (χ3n) is 6.40. The van der Waals surface area contributed by atoms with E-state index in [0.717, 1.165) is 28.8 Å². The van der Waals surface area contributed by atoms with Crippen LogP contribution in [0.15, 0.2) is 28.8 Å². The number of nitrogens with one attached hydrogen (secondary N) is 2. The number of hydrogen-bond donors (Lipinski definition) is 3. The first-order chi connectivity index (χ1) is 17.7. The molecule has 11 heteroatoms. The molecule has 3 aromatic rings. The molecule has 0 amide bonds. The van der Waals surface area contributed by atoms with Crippen molar-refractivity contribution < 1.29 is 23.1 Å². The van der Waals surface area contributed by atoms with E-state index < -0.39 is 12.5 Å². The first kappa shape index (κ1) is 26.9. The van der Waals surface area contributed by atoms with Crippen LogP contribution in [0.3, 0.4) is 0 Å². The second-order valence-corrected chi connectivity index (χ2v) is 9.40. The number of aliphatic hydroxyl groups excluding tert-OH is 1. The molecule has 9 nitrogen and oxygen atoms in total. The van der Waals surface area contributed by atoms with Crippen LogP contribution in [0, 0.1) is 20.8 Å². The van der Waals surface area contributed by atoms with E-state index >= 15 is 0 Å². The van der Waals surface area contributed by atoms with Crippen molar-refractivity contribution in [2.24, 2.45) is 0 Å². The fourth-order valence-electron chi connectivity index (χ4n) is 4.57. The van der Waals surface area contributed by atoms with Crippen LogP contribution in [-0.2, 0) is 0 Å². The molecule has 1 aliphatic rings. The standard InChI is InChI=1S/C26H34F2N6O3/c1-15-24(23-16(2)33-37-17(23)3)31-26(18-6-5-7-21(10-18)36-14-20(35)11-29-4)32-25(15)30-19-8-9-34(12-19)13-22(27)28/h5-7,10,19-20,22,29,35H,8-9,11-14H2,1-4H3,(H,30,31,32). The van der Waals surface area contributed by atoms with Gasteiger partial charge in [0, 0.05) is 36.8 Å². The third kappa shape index (κ3) is 6.60. The summed E-state index contributed by atoms with van der Waals surface area (Å²) in [5, 5.41) is 20.5. The van der Waals surface area contributed by atoms with E-state index in [9.17, 15) is 13.9 Å². The number of benzene rings is 1. The molecule has 1 saturated heterocycles. The van der Waals surface area contributed by atoms with Crippen molar-refractivity contribution in [3.63, 3.8) is 0 Å². The van der Waals surface area contributed by atoms with E-state index in [2.05, 4.69) is 15.8 Å². The molecule has 2 aromatic heterocycles. The van der Waals surface area contributed by atoms with E-state index in [-0.39, 0.29) is 19.2 Å². The Hall–Kier alpha value is -3.15. The summed E-state index contributed by atoms with van der Waals surface area (Å²) in [6.07, 6.45) is -2.25. The Balaban J connectivity index is 1.67. The van der Waals surface area contributed by atoms with Gasteiger partial charge in [-0.05, 0) is 46.4 Å². The highest BCUT2D eigenvalue weighted by molar-refractivity contribution is 5.74. The Morgan fingerprint density at radius 2 is 2.05 bits per heavy atom. The monoisotopic (exact) mass is 516 g/mol. The summed E-state index contributed by atoms with van der Waals surface area (Å²) in [6.45, 7) is 7.10. The number of aromatic nitrogens is 3. The maximum Gasteiger partial charge on any atom is 0.251 e. The van der Waals surface area contributed by atoms with Crippen molar-refractivity contribution in [2.45, 2.75) is 45.8 Å². The molecule has 2 atom stereocenters. The molecule has 2 unspecified atom stereocenters. The second kappa shape index (κ2) is 11.9. The molecular weight excluding hydrogens is 482 g/mol. The number of halogens is 2. The molecule has 0 radical (unpaired) electrons. The zero-order valence-corrected chi connectivity index (χ0v) is 21.6. The van der Waals surface area contributed by atoms with Gasteiger partial charge in [0.15, 0.2) is 5.82 Å². The molecule has 1 fully saturated rings. The minimum atomic E-state index is -2.36. The van der Waals surface area contributed by atoms with Crippen LogP contribution in [0.5, 0.6) is 5.75 Å². The van der Waals surface area contributed by atoms with Gasteiger partial charge in [-0.2, -0.15) is 0 Å². The molecule has 3 N–H and O–H groups in total. The van der Waals surface area contributed by atoms with Gasteiger partial charge in [0.2, 0.25) is 0 Å². The summed E-state index contributed by atoms with van der Waals surface area (Å²) in [6, 6.07) is 7.37. The smallest absolute Gasteiger partial charge is 0.251 e. The fraction of sp³-hybridized carbons (Fsp3) is 0.500. The van der Waals surface area contributed by atoms with E-state index in [0.29, 0.717) is 48.5 Å². The van der Waals surface area contributed by atoms with Crippen molar-refractivity contribution in [2.75, 3.05) is 45.2 Å². The zero-order valence-electron chi connectivity index (χ0n) is 21.6. The summed E-state index contributed by atoms with van der Waals surface area (Å²) in [4.78, 5) is 11.5. The molecule has 3 heterocycles. The average molecular weight is 517 g/mol. The van der Waals surface area contributed by atoms with Crippen LogP contribution in [-0.4, -0.2) is 83.5 Å². The molecule has 200 valence electrons. The minimum Gasteiger partial charge on any atom is -0.491 e. The van der Waals surface area contributed by atoms with E-state index in [4.69, 9.17) is 19.2 Å². The SMILES string of the molecule is CNCC(O)COc1cccc(-c2nc(NC3CCN(CC(F)F)C3)c(C)c(-c3c(C)noc3C)n2)c1. The van der Waals surface area contributed by atoms with E-state index in [1.165, 1.54) is 0 Å². The topological polar surface area (TPSA) is 109 Å². The highest BCUT2D eigenvalue weighted by Crippen LogP contribution is 2.34. The van der Waals surface area contributed by atoms with Crippen LogP contribution >= 0.6 is 0 Å². The molecule has 0 aliphatic carbocycles. The third-order valence-corrected chi connectivity index (χ3v) is 6.40. The number of likely N-dealkylation sites (N-methyl/N-ethyl adjacent to an activating group) is 1. The number of hydrogen-bond acceptors (Lipinski definition) is 9. The van der Waals surface area contributed by atoms with Gasteiger partial charge >= 0.3 is 0 Å². The number of rotatable bonds is 11. The van der Waals surface area contributed by atoms with Crippen LogP contribution in [0.25, 0.3) is 22.6 Å². The summed E-state index contributed by atoms with van der Waals surface area (Å²) in [5.41, 5.74) is 3.78. The number of likely N-dealkylation sites (tertiary alicyclic amines) is 1. The Labute approximate surface area is 215 Å². The number of aliphatic hydroxyl groups is 1. The molecule has 1 aromatic carbocycles. The predicted molar refractivity (Wildman–Crippen MR) is 137 cm³/mol. The number of alkyl halides is 2. The lowest BCUT2D eigenvalue weighted by atomic mass is 10.0. The summed E-state index contributed by atoms with van der Waals surface area (Å²) in [7, 11) is 1.77. The Kier molecular flexibility index (Phi) is 8.67. The number of ether oxygens (including phenoxy) is 1. The predicted octanol–water partition coefficient (Wildman–Crippen LogP) is 3.43. The van der Waals surface area contributed by atoms with E-state index in [1.54, 1.807) is 11.9 Å². The van der Waals surface area contributed by atoms with Crippen molar-refractivity contribution in [3.05, 3.63) is 41.3 Å². The number of anilines is 1. The summed E-state index contributed by atoms with van der Waals surface area (Å²) in [5.74, 6) is 2.35. The largest absolute Gasteiger partial charge is 0.491 e. The molecule has 0 saturated carbocycles. The maximum atomic E-state index is 12.9. The van der Waals surface area contributed by atoms with Gasteiger partial charge in [0.05, 0.1) is 23.5 Å². The molecule has 1 aliphatic heterocycles. The lowest BCUT2D eigenvalue weighted by Crippen LogP contribution is -2.30. The Morgan fingerprint density at radius 3 is 2.76 bits per heavy atom. The fourth-order valence-corrected chi connectivity index (χ4v) is 4.57. The van der Waals surface area contributed by atoms with Crippen LogP contribution in [0.4, 0.5) is 14.6 Å². The molecule has 0 spiro atoms. The normalized spacial score (nSPS) is 16.9. The molecule has 0 bridgehead atoms. The number of aryl methyl sites for hydroxylation is 2. The van der Waals surface area contributed by atoms with Crippen molar-refractivity contribution in [1.82, 2.24) is 25.3 Å². The average Bonchev–Trinajstić information content (AvgIpc) is 3.44. The van der Waals surface area contributed by atoms with Crippen molar-refractivity contribution >= 4 is 5.82 Å². The van der Waals surface area contributed by atoms with E-state index in [1.807, 2.05) is 45.0 Å². The van der Waals surface area contributed by atoms with Gasteiger partial charge in [-0.25, -0.2) is 18.7 Å². The van der Waals surface area contributed by atoms with Gasteiger partial charge in [-0.15, -0.1) is 0 Å². The zero-order chi connectivity index (χ0) is 26.5. The van der Waals surface area contributed by atoms with Crippen molar-refractivity contribution in [1.29, 1.82) is 0 Å². The maximum absolute atomic E-state index is 12.9. The quantitative estimate of drug-likeness (QED) is 0.353. The highest BCUT2D eigenvalue weighted by atomic mass is 19.3. The van der Waals surface area contributed by atoms with Crippen LogP contribution in [0.2, 0.25) is 0 Å². The van der Waals surface area contributed by atoms with Crippen LogP contribution < -0.4 is 15.4 Å². The van der Waals surface area contributed by atoms with Gasteiger partial charge in [0.1, 0.15) is 30.0 Å². The summed E-state index contributed by atoms with van der Waals surface area (Å²) < 4.78 is 36.9. The van der Waals surface area contributed by atoms with Gasteiger partial charge in [-0.3, -0.25) is 4.90 Å². The van der Waals surface area contributed by atoms with Gasteiger partial charge in [-0.1, -0.05) is 17.3 Å². The molecule has 4 rings (SSSR count). The first-order valence-electron chi connectivity index (χ1n) is 12.4. The summed E-state index contributed by atoms with van der Waals surface area (Å²) >= 11 is 0. The highest BCUT2D eigenvalue weighted by Gasteiger charge is 2.27. The Bertz CT molecular complexity index is 1190. The lowest BCUT2D eigenvalue weighted by molar-refractivity contribution is 0.0993. The van der Waals surface area contributed by atoms with Gasteiger partial charge < -0.3 is 25.0 Å². The number of nitrogens with zero attached hydrogens (tertiary/aromatic N) is 4. The lowest BCUT2D eigenvalue weighted by Gasteiger charge is -2.19. The van der Waals surface area contributed by atoms with Crippen molar-refractivity contribution in [3.8, 4) is 28.4 Å². The Morgan fingerprint density at radius 1 is 1.24 bits per heavy atom. The molecule has 37 heavy (non-hydrogen) atoms. The minimum absolute atomic E-state index is 0.0129. The molecular formula is C26H34F2N6O3. The van der Waals surface area contributed by atoms with Gasteiger partial charge in [0.25, 0.3) is 6.43 Å². The second-order valence-electron chi connectivity index (χ2n) is 9.40.